The first-order chi connectivity index (χ1) is 17.8. The van der Waals surface area contributed by atoms with Crippen LogP contribution in [0.5, 0.6) is 0 Å². The fourth-order valence-electron chi connectivity index (χ4n) is 5.19. The molecule has 2 aliphatic heterocycles. The lowest BCUT2D eigenvalue weighted by Crippen LogP contribution is -2.66. The van der Waals surface area contributed by atoms with Gasteiger partial charge in [-0.2, -0.15) is 10.1 Å². The Bertz CT molecular complexity index is 1530. The quantitative estimate of drug-likeness (QED) is 0.436. The van der Waals surface area contributed by atoms with Crippen LogP contribution in [0.1, 0.15) is 40.7 Å². The number of rotatable bonds is 5. The maximum Gasteiger partial charge on any atom is 0.259 e. The van der Waals surface area contributed by atoms with Gasteiger partial charge in [-0.1, -0.05) is 5.16 Å². The van der Waals surface area contributed by atoms with E-state index in [0.29, 0.717) is 28.0 Å². The van der Waals surface area contributed by atoms with E-state index in [9.17, 15) is 13.6 Å². The normalized spacial score (nSPS) is 19.9. The molecule has 0 bridgehead atoms. The standard InChI is InChI=1S/C25H23F2N7O3/c1-14-19(4-15(8-28-14)21-31-23(37-32-21)16-6-25(26,27)7-16)30-22(35)18-9-29-34-3-2-17(5-20(18)34)33-10-24(11-33)12-36-13-24/h2-5,8-9,16H,6-7,10-13H2,1H3,(H,30,35). The van der Waals surface area contributed by atoms with E-state index in [2.05, 4.69) is 30.4 Å². The molecule has 1 spiro atoms. The minimum absolute atomic E-state index is 0.187. The third-order valence-corrected chi connectivity index (χ3v) is 7.46. The Morgan fingerprint density at radius 3 is 2.73 bits per heavy atom. The van der Waals surface area contributed by atoms with Crippen molar-refractivity contribution in [2.45, 2.75) is 31.6 Å². The first-order valence-corrected chi connectivity index (χ1v) is 12.1. The smallest absolute Gasteiger partial charge is 0.259 e. The number of fused-ring (bicyclic) bond motifs is 1. The Morgan fingerprint density at radius 1 is 1.19 bits per heavy atom. The van der Waals surface area contributed by atoms with Gasteiger partial charge in [0.2, 0.25) is 17.6 Å². The Kier molecular flexibility index (Phi) is 4.69. The molecule has 12 heteroatoms. The topological polar surface area (TPSA) is 111 Å². The monoisotopic (exact) mass is 507 g/mol. The van der Waals surface area contributed by atoms with Crippen LogP contribution in [-0.2, 0) is 4.74 Å². The molecular formula is C25H23F2N7O3. The number of carbonyl (C=O) groups excluding carboxylic acids is 1. The summed E-state index contributed by atoms with van der Waals surface area (Å²) in [4.78, 5) is 24.2. The number of anilines is 2. The van der Waals surface area contributed by atoms with Crippen LogP contribution in [0.4, 0.5) is 20.2 Å². The lowest BCUT2D eigenvalue weighted by molar-refractivity contribution is -0.127. The molecule has 0 atom stereocenters. The van der Waals surface area contributed by atoms with Crippen LogP contribution in [0, 0.1) is 12.3 Å². The van der Waals surface area contributed by atoms with Crippen LogP contribution in [0.3, 0.4) is 0 Å². The fraction of sp³-hybridized carbons (Fsp3) is 0.400. The molecule has 4 aromatic rings. The van der Waals surface area contributed by atoms with Crippen molar-refractivity contribution in [1.82, 2.24) is 24.7 Å². The summed E-state index contributed by atoms with van der Waals surface area (Å²) in [6.45, 7) is 5.27. The molecular weight excluding hydrogens is 484 g/mol. The molecule has 0 radical (unpaired) electrons. The van der Waals surface area contributed by atoms with Crippen molar-refractivity contribution in [3.8, 4) is 11.4 Å². The molecule has 0 aromatic carbocycles. The van der Waals surface area contributed by atoms with Gasteiger partial charge in [0, 0.05) is 55.5 Å². The second-order valence-corrected chi connectivity index (χ2v) is 10.4. The van der Waals surface area contributed by atoms with E-state index in [-0.39, 0.29) is 35.9 Å². The van der Waals surface area contributed by atoms with Gasteiger partial charge in [-0.25, -0.2) is 13.3 Å². The summed E-state index contributed by atoms with van der Waals surface area (Å²) in [6, 6.07) is 5.66. The molecule has 190 valence electrons. The van der Waals surface area contributed by atoms with Crippen molar-refractivity contribution < 1.29 is 22.8 Å². The van der Waals surface area contributed by atoms with Gasteiger partial charge in [0.05, 0.1) is 47.3 Å². The first-order valence-electron chi connectivity index (χ1n) is 12.1. The van der Waals surface area contributed by atoms with E-state index < -0.39 is 11.8 Å². The Balaban J connectivity index is 1.11. The molecule has 3 aliphatic rings. The Hall–Kier alpha value is -3.93. The van der Waals surface area contributed by atoms with Crippen molar-refractivity contribution in [1.29, 1.82) is 0 Å². The number of ether oxygens (including phenoxy) is 1. The molecule has 7 rings (SSSR count). The van der Waals surface area contributed by atoms with Crippen LogP contribution >= 0.6 is 0 Å². The summed E-state index contributed by atoms with van der Waals surface area (Å²) in [7, 11) is 0. The predicted molar refractivity (Wildman–Crippen MR) is 128 cm³/mol. The van der Waals surface area contributed by atoms with Crippen LogP contribution in [0.15, 0.2) is 41.3 Å². The molecule has 6 heterocycles. The summed E-state index contributed by atoms with van der Waals surface area (Å²) >= 11 is 0. The zero-order chi connectivity index (χ0) is 25.4. The lowest BCUT2D eigenvalue weighted by atomic mass is 9.78. The maximum atomic E-state index is 13.3. The van der Waals surface area contributed by atoms with E-state index in [4.69, 9.17) is 9.26 Å². The largest absolute Gasteiger partial charge is 0.380 e. The molecule has 4 aromatic heterocycles. The average molecular weight is 508 g/mol. The number of carbonyl (C=O) groups is 1. The minimum atomic E-state index is -2.68. The average Bonchev–Trinajstić information content (AvgIpc) is 3.44. The van der Waals surface area contributed by atoms with Gasteiger partial charge < -0.3 is 19.5 Å². The van der Waals surface area contributed by atoms with Crippen molar-refractivity contribution in [2.24, 2.45) is 5.41 Å². The minimum Gasteiger partial charge on any atom is -0.380 e. The summed E-state index contributed by atoms with van der Waals surface area (Å²) in [5.41, 5.74) is 4.04. The Morgan fingerprint density at radius 2 is 2.00 bits per heavy atom. The number of amides is 1. The molecule has 0 unspecified atom stereocenters. The number of aromatic nitrogens is 5. The van der Waals surface area contributed by atoms with Gasteiger partial charge in [0.15, 0.2) is 0 Å². The number of pyridine rings is 2. The number of nitrogens with one attached hydrogen (secondary N) is 1. The third kappa shape index (κ3) is 3.74. The molecule has 1 amide bonds. The number of halogens is 2. The number of nitrogens with zero attached hydrogens (tertiary/aromatic N) is 6. The van der Waals surface area contributed by atoms with Crippen LogP contribution < -0.4 is 10.2 Å². The van der Waals surface area contributed by atoms with Gasteiger partial charge in [0.1, 0.15) is 0 Å². The number of hydrogen-bond donors (Lipinski definition) is 1. The highest BCUT2D eigenvalue weighted by molar-refractivity contribution is 6.09. The van der Waals surface area contributed by atoms with E-state index in [0.717, 1.165) is 32.0 Å². The van der Waals surface area contributed by atoms with E-state index in [1.807, 2.05) is 18.3 Å². The molecule has 2 saturated heterocycles. The summed E-state index contributed by atoms with van der Waals surface area (Å²) < 4.78 is 38.7. The van der Waals surface area contributed by atoms with Crippen LogP contribution in [0.25, 0.3) is 16.9 Å². The summed E-state index contributed by atoms with van der Waals surface area (Å²) in [5.74, 6) is -3.03. The van der Waals surface area contributed by atoms with E-state index >= 15 is 0 Å². The third-order valence-electron chi connectivity index (χ3n) is 7.46. The van der Waals surface area contributed by atoms with Crippen molar-refractivity contribution in [2.75, 3.05) is 36.5 Å². The number of alkyl halides is 2. The molecule has 10 nitrogen and oxygen atoms in total. The van der Waals surface area contributed by atoms with E-state index in [1.165, 1.54) is 6.20 Å². The van der Waals surface area contributed by atoms with Gasteiger partial charge in [-0.15, -0.1) is 0 Å². The van der Waals surface area contributed by atoms with Crippen LogP contribution in [0.2, 0.25) is 0 Å². The summed E-state index contributed by atoms with van der Waals surface area (Å²) in [5, 5.41) is 11.2. The second-order valence-electron chi connectivity index (χ2n) is 10.4. The molecule has 37 heavy (non-hydrogen) atoms. The Labute approximate surface area is 209 Å². The summed E-state index contributed by atoms with van der Waals surface area (Å²) in [6.07, 6.45) is 4.36. The zero-order valence-electron chi connectivity index (χ0n) is 19.9. The molecule has 3 fully saturated rings. The highest BCUT2D eigenvalue weighted by Gasteiger charge is 2.49. The lowest BCUT2D eigenvalue weighted by Gasteiger charge is -2.56. The highest BCUT2D eigenvalue weighted by Crippen LogP contribution is 2.48. The van der Waals surface area contributed by atoms with E-state index in [1.54, 1.807) is 23.7 Å². The highest BCUT2D eigenvalue weighted by atomic mass is 19.3. The SMILES string of the molecule is Cc1ncc(-c2noc(C3CC(F)(F)C3)n2)cc1NC(=O)c1cnn2ccc(N3CC4(COC4)C3)cc12. The van der Waals surface area contributed by atoms with Gasteiger partial charge in [-0.3, -0.25) is 9.78 Å². The van der Waals surface area contributed by atoms with Crippen molar-refractivity contribution in [3.05, 3.63) is 53.9 Å². The molecule has 1 N–H and O–H groups in total. The van der Waals surface area contributed by atoms with Crippen molar-refractivity contribution >= 4 is 22.8 Å². The van der Waals surface area contributed by atoms with Gasteiger partial charge in [0.25, 0.3) is 5.91 Å². The second kappa shape index (κ2) is 7.78. The number of hydrogen-bond acceptors (Lipinski definition) is 8. The van der Waals surface area contributed by atoms with Gasteiger partial charge >= 0.3 is 0 Å². The first kappa shape index (κ1) is 22.3. The number of aryl methyl sites for hydroxylation is 1. The maximum absolute atomic E-state index is 13.3. The van der Waals surface area contributed by atoms with Crippen molar-refractivity contribution in [3.63, 3.8) is 0 Å². The van der Waals surface area contributed by atoms with Gasteiger partial charge in [-0.05, 0) is 25.1 Å². The van der Waals surface area contributed by atoms with Crippen LogP contribution in [-0.4, -0.2) is 62.9 Å². The predicted octanol–water partition coefficient (Wildman–Crippen LogP) is 3.69. The fourth-order valence-corrected chi connectivity index (χ4v) is 5.19. The molecule has 1 aliphatic carbocycles. The zero-order valence-corrected chi connectivity index (χ0v) is 19.9. The molecule has 1 saturated carbocycles.